The van der Waals surface area contributed by atoms with E-state index in [4.69, 9.17) is 23.7 Å². The molecule has 11 heteroatoms. The Kier molecular flexibility index (Phi) is 13.5. The second-order valence-electron chi connectivity index (χ2n) is 11.0. The predicted molar refractivity (Wildman–Crippen MR) is 170 cm³/mol. The second-order valence-corrected chi connectivity index (χ2v) is 11.0. The topological polar surface area (TPSA) is 116 Å². The van der Waals surface area contributed by atoms with Crippen LogP contribution in [0.5, 0.6) is 17.2 Å². The Morgan fingerprint density at radius 1 is 0.957 bits per heavy atom. The number of hydrogen-bond donors (Lipinski definition) is 2. The standard InChI is InChI=1S/C35H43FN2O8/c1-25(39)37-16-14-27-8-11-29(36)22-33(27)45-20-21-46-34-23-38(35(40)41)17-15-31(34)26-9-12-30(13-10-26)44-19-5-18-43-24-28-6-3-4-7-32(28)42-2/h3-4,6-13,22,31,34H,5,14-21,23-24H2,1-2H3,(H,37,39)(H,40,41). The van der Waals surface area contributed by atoms with Crippen LogP contribution in [0.4, 0.5) is 9.18 Å². The normalized spacial score (nSPS) is 16.1. The summed E-state index contributed by atoms with van der Waals surface area (Å²) < 4.78 is 43.0. The lowest BCUT2D eigenvalue weighted by Gasteiger charge is -2.37. The number of carbonyl (C=O) groups excluding carboxylic acids is 1. The number of rotatable bonds is 17. The van der Waals surface area contributed by atoms with Crippen LogP contribution in [0, 0.1) is 5.82 Å². The molecule has 0 bridgehead atoms. The Morgan fingerprint density at radius 3 is 2.52 bits per heavy atom. The van der Waals surface area contributed by atoms with Gasteiger partial charge in [-0.2, -0.15) is 0 Å². The fourth-order valence-electron chi connectivity index (χ4n) is 5.40. The SMILES string of the molecule is COc1ccccc1COCCCOc1ccc(C2CCN(C(=O)O)CC2OCCOc2cc(F)ccc2CCNC(C)=O)cc1. The van der Waals surface area contributed by atoms with Gasteiger partial charge in [-0.05, 0) is 48.2 Å². The molecule has 1 saturated heterocycles. The number of hydrogen-bond acceptors (Lipinski definition) is 7. The number of halogens is 1. The molecular formula is C35H43FN2O8. The van der Waals surface area contributed by atoms with Crippen LogP contribution in [0.3, 0.4) is 0 Å². The van der Waals surface area contributed by atoms with Crippen LogP contribution in [-0.2, 0) is 27.3 Å². The summed E-state index contributed by atoms with van der Waals surface area (Å²) in [5, 5.41) is 12.3. The molecule has 0 radical (unpaired) electrons. The molecule has 4 rings (SSSR count). The van der Waals surface area contributed by atoms with E-state index in [0.29, 0.717) is 51.5 Å². The molecule has 1 heterocycles. The molecule has 248 valence electrons. The smallest absolute Gasteiger partial charge is 0.407 e. The molecule has 1 fully saturated rings. The molecule has 10 nitrogen and oxygen atoms in total. The zero-order valence-corrected chi connectivity index (χ0v) is 26.4. The number of para-hydroxylation sites is 1. The van der Waals surface area contributed by atoms with E-state index in [1.807, 2.05) is 48.5 Å². The Labute approximate surface area is 269 Å². The van der Waals surface area contributed by atoms with Gasteiger partial charge in [0.15, 0.2) is 0 Å². The molecule has 3 aromatic rings. The fourth-order valence-corrected chi connectivity index (χ4v) is 5.40. The molecule has 2 unspecified atom stereocenters. The third kappa shape index (κ3) is 10.6. The minimum Gasteiger partial charge on any atom is -0.496 e. The van der Waals surface area contributed by atoms with Crippen molar-refractivity contribution in [2.45, 2.75) is 44.8 Å². The molecule has 0 aromatic heterocycles. The first kappa shape index (κ1) is 34.5. The summed E-state index contributed by atoms with van der Waals surface area (Å²) in [7, 11) is 1.64. The first-order valence-corrected chi connectivity index (χ1v) is 15.5. The second kappa shape index (κ2) is 18.0. The molecule has 2 atom stereocenters. The van der Waals surface area contributed by atoms with Gasteiger partial charge in [-0.25, -0.2) is 9.18 Å². The van der Waals surface area contributed by atoms with Gasteiger partial charge in [0.1, 0.15) is 29.7 Å². The Morgan fingerprint density at radius 2 is 1.76 bits per heavy atom. The number of benzene rings is 3. The maximum Gasteiger partial charge on any atom is 0.407 e. The van der Waals surface area contributed by atoms with E-state index >= 15 is 0 Å². The van der Waals surface area contributed by atoms with Gasteiger partial charge in [0.05, 0.1) is 46.2 Å². The highest BCUT2D eigenvalue weighted by atomic mass is 19.1. The number of carbonyl (C=O) groups is 2. The van der Waals surface area contributed by atoms with Crippen molar-refractivity contribution >= 4 is 12.0 Å². The highest BCUT2D eigenvalue weighted by Crippen LogP contribution is 2.32. The van der Waals surface area contributed by atoms with Crippen LogP contribution in [-0.4, -0.2) is 81.3 Å². The number of piperidine rings is 1. The van der Waals surface area contributed by atoms with E-state index in [9.17, 15) is 19.1 Å². The highest BCUT2D eigenvalue weighted by Gasteiger charge is 2.33. The molecule has 1 aliphatic rings. The Hall–Kier alpha value is -4.35. The lowest BCUT2D eigenvalue weighted by molar-refractivity contribution is -0.118. The van der Waals surface area contributed by atoms with Crippen LogP contribution in [0.25, 0.3) is 0 Å². The van der Waals surface area contributed by atoms with Crippen LogP contribution in [0.1, 0.15) is 42.4 Å². The van der Waals surface area contributed by atoms with Crippen molar-refractivity contribution in [3.63, 3.8) is 0 Å². The Balaban J connectivity index is 1.25. The quantitative estimate of drug-likeness (QED) is 0.188. The molecule has 0 saturated carbocycles. The molecule has 1 aliphatic heterocycles. The first-order valence-electron chi connectivity index (χ1n) is 15.5. The predicted octanol–water partition coefficient (Wildman–Crippen LogP) is 5.43. The average molecular weight is 639 g/mol. The van der Waals surface area contributed by atoms with Crippen molar-refractivity contribution in [2.24, 2.45) is 0 Å². The number of amides is 2. The minimum atomic E-state index is -0.984. The van der Waals surface area contributed by atoms with E-state index in [0.717, 1.165) is 34.6 Å². The number of carboxylic acid groups (broad SMARTS) is 1. The van der Waals surface area contributed by atoms with Gasteiger partial charge in [0.25, 0.3) is 0 Å². The van der Waals surface area contributed by atoms with Crippen molar-refractivity contribution in [1.82, 2.24) is 10.2 Å². The van der Waals surface area contributed by atoms with Gasteiger partial charge in [0.2, 0.25) is 5.91 Å². The van der Waals surface area contributed by atoms with Crippen LogP contribution in [0.2, 0.25) is 0 Å². The third-order valence-electron chi connectivity index (χ3n) is 7.76. The third-order valence-corrected chi connectivity index (χ3v) is 7.76. The molecule has 0 spiro atoms. The average Bonchev–Trinajstić information content (AvgIpc) is 3.06. The zero-order chi connectivity index (χ0) is 32.7. The van der Waals surface area contributed by atoms with Crippen LogP contribution in [0.15, 0.2) is 66.7 Å². The lowest BCUT2D eigenvalue weighted by atomic mass is 9.87. The lowest BCUT2D eigenvalue weighted by Crippen LogP contribution is -2.46. The van der Waals surface area contributed by atoms with Crippen molar-refractivity contribution in [1.29, 1.82) is 0 Å². The summed E-state index contributed by atoms with van der Waals surface area (Å²) in [6.45, 7) is 4.37. The van der Waals surface area contributed by atoms with Crippen molar-refractivity contribution in [3.8, 4) is 17.2 Å². The maximum absolute atomic E-state index is 13.9. The largest absolute Gasteiger partial charge is 0.496 e. The van der Waals surface area contributed by atoms with E-state index in [-0.39, 0.29) is 37.7 Å². The van der Waals surface area contributed by atoms with Crippen molar-refractivity contribution in [3.05, 3.63) is 89.2 Å². The summed E-state index contributed by atoms with van der Waals surface area (Å²) in [6, 6.07) is 19.9. The van der Waals surface area contributed by atoms with E-state index in [1.165, 1.54) is 24.0 Å². The van der Waals surface area contributed by atoms with Crippen molar-refractivity contribution in [2.75, 3.05) is 53.2 Å². The number of likely N-dealkylation sites (tertiary alicyclic amines) is 1. The van der Waals surface area contributed by atoms with Crippen LogP contribution < -0.4 is 19.5 Å². The first-order chi connectivity index (χ1) is 22.3. The van der Waals surface area contributed by atoms with Gasteiger partial charge >= 0.3 is 6.09 Å². The summed E-state index contributed by atoms with van der Waals surface area (Å²) in [5.41, 5.74) is 2.81. The van der Waals surface area contributed by atoms with Crippen LogP contribution >= 0.6 is 0 Å². The summed E-state index contributed by atoms with van der Waals surface area (Å²) in [4.78, 5) is 24.3. The molecule has 2 N–H and O–H groups in total. The summed E-state index contributed by atoms with van der Waals surface area (Å²) >= 11 is 0. The number of nitrogens with zero attached hydrogens (tertiary/aromatic N) is 1. The van der Waals surface area contributed by atoms with Gasteiger partial charge in [-0.3, -0.25) is 4.79 Å². The van der Waals surface area contributed by atoms with Gasteiger partial charge < -0.3 is 39.0 Å². The van der Waals surface area contributed by atoms with Crippen molar-refractivity contribution < 1.29 is 42.8 Å². The van der Waals surface area contributed by atoms with E-state index in [1.54, 1.807) is 13.2 Å². The summed E-state index contributed by atoms with van der Waals surface area (Å²) in [5.74, 6) is 1.36. The number of methoxy groups -OCH3 is 1. The molecular weight excluding hydrogens is 595 g/mol. The minimum absolute atomic E-state index is 0.0181. The van der Waals surface area contributed by atoms with E-state index in [2.05, 4.69) is 5.32 Å². The van der Waals surface area contributed by atoms with Gasteiger partial charge in [-0.15, -0.1) is 0 Å². The molecule has 46 heavy (non-hydrogen) atoms. The molecule has 3 aromatic carbocycles. The highest BCUT2D eigenvalue weighted by molar-refractivity contribution is 5.72. The zero-order valence-electron chi connectivity index (χ0n) is 26.4. The number of ether oxygens (including phenoxy) is 5. The van der Waals surface area contributed by atoms with Gasteiger partial charge in [-0.1, -0.05) is 36.4 Å². The maximum atomic E-state index is 13.9. The van der Waals surface area contributed by atoms with E-state index < -0.39 is 11.9 Å². The fraction of sp³-hybridized carbons (Fsp3) is 0.429. The monoisotopic (exact) mass is 638 g/mol. The molecule has 2 amide bonds. The van der Waals surface area contributed by atoms with Gasteiger partial charge in [0, 0.05) is 44.0 Å². The molecule has 0 aliphatic carbocycles. The summed E-state index contributed by atoms with van der Waals surface area (Å²) in [6.07, 6.45) is 0.467. The Bertz CT molecular complexity index is 1400. The number of nitrogens with one attached hydrogen (secondary N) is 1.